The van der Waals surface area contributed by atoms with E-state index < -0.39 is 30.0 Å². The Hall–Kier alpha value is -0.720. The van der Waals surface area contributed by atoms with Crippen molar-refractivity contribution < 1.29 is 25.2 Å². The largest absolute Gasteiger partial charge is 0.396 e. The monoisotopic (exact) mass is 378 g/mol. The Bertz CT molecular complexity index is 674. The van der Waals surface area contributed by atoms with Crippen molar-refractivity contribution in [2.45, 2.75) is 82.9 Å². The second-order valence-corrected chi connectivity index (χ2v) is 10.1. The molecule has 3 fully saturated rings. The Labute approximate surface area is 161 Å². The molecular weight excluding hydrogens is 344 g/mol. The average molecular weight is 379 g/mol. The minimum Gasteiger partial charge on any atom is -0.396 e. The lowest BCUT2D eigenvalue weighted by molar-refractivity contribution is -0.0896. The minimum atomic E-state index is -1.16. The molecule has 0 aromatic rings. The maximum Gasteiger partial charge on any atom is 0.127 e. The van der Waals surface area contributed by atoms with Crippen molar-refractivity contribution in [2.24, 2.45) is 22.7 Å². The fraction of sp³-hybridized carbons (Fsp3) is 0.818. The summed E-state index contributed by atoms with van der Waals surface area (Å²) < 4.78 is 5.89. The first-order chi connectivity index (χ1) is 12.6. The number of allylic oxidation sites excluding steroid dienone is 2. The summed E-state index contributed by atoms with van der Waals surface area (Å²) in [6.45, 7) is 10.6. The number of epoxide rings is 1. The van der Waals surface area contributed by atoms with Gasteiger partial charge in [-0.05, 0) is 60.8 Å². The first-order valence-corrected chi connectivity index (χ1v) is 10.3. The average Bonchev–Trinajstić information content (AvgIpc) is 3.37. The van der Waals surface area contributed by atoms with Gasteiger partial charge in [0.15, 0.2) is 0 Å². The number of aliphatic hydroxyl groups excluding tert-OH is 4. The molecule has 4 N–H and O–H groups in total. The molecular formula is C22H34O5. The molecule has 0 radical (unpaired) electrons. The van der Waals surface area contributed by atoms with Gasteiger partial charge in [-0.25, -0.2) is 0 Å². The summed E-state index contributed by atoms with van der Waals surface area (Å²) in [5, 5.41) is 41.6. The molecule has 0 aromatic heterocycles. The van der Waals surface area contributed by atoms with Crippen LogP contribution in [0.25, 0.3) is 0 Å². The first-order valence-electron chi connectivity index (χ1n) is 10.3. The molecule has 9 atom stereocenters. The molecule has 2 saturated carbocycles. The van der Waals surface area contributed by atoms with E-state index in [0.29, 0.717) is 12.3 Å². The minimum absolute atomic E-state index is 0.00386. The summed E-state index contributed by atoms with van der Waals surface area (Å²) >= 11 is 0. The SMILES string of the molecule is C=C1[C@@H](O)[C@H](O)[C@]2(C[C@@H]3C(C)=CC[C@H]4[C@](C)(CO)CCC[C@@]34C)O[C@@H]2[C@H]1O. The van der Waals surface area contributed by atoms with E-state index in [9.17, 15) is 20.4 Å². The van der Waals surface area contributed by atoms with Gasteiger partial charge in [-0.2, -0.15) is 0 Å². The van der Waals surface area contributed by atoms with Crippen LogP contribution in [0.1, 0.15) is 52.9 Å². The van der Waals surface area contributed by atoms with E-state index in [1.807, 2.05) is 0 Å². The molecule has 4 rings (SSSR count). The number of rotatable bonds is 3. The Morgan fingerprint density at radius 3 is 2.56 bits per heavy atom. The van der Waals surface area contributed by atoms with Crippen LogP contribution >= 0.6 is 0 Å². The Balaban J connectivity index is 1.67. The fourth-order valence-corrected chi connectivity index (χ4v) is 6.75. The summed E-state index contributed by atoms with van der Waals surface area (Å²) in [5.41, 5.74) is 0.538. The normalized spacial score (nSPS) is 54.8. The second-order valence-electron chi connectivity index (χ2n) is 10.1. The third kappa shape index (κ3) is 2.55. The van der Waals surface area contributed by atoms with E-state index in [1.54, 1.807) is 0 Å². The molecule has 1 saturated heterocycles. The van der Waals surface area contributed by atoms with Crippen molar-refractivity contribution in [1.82, 2.24) is 0 Å². The van der Waals surface area contributed by atoms with Crippen molar-refractivity contribution in [3.63, 3.8) is 0 Å². The highest BCUT2D eigenvalue weighted by Crippen LogP contribution is 2.63. The van der Waals surface area contributed by atoms with E-state index in [4.69, 9.17) is 4.74 Å². The molecule has 1 aliphatic heterocycles. The van der Waals surface area contributed by atoms with Gasteiger partial charge in [-0.15, -0.1) is 0 Å². The summed E-state index contributed by atoms with van der Waals surface area (Å²) in [4.78, 5) is 0. The molecule has 5 nitrogen and oxygen atoms in total. The van der Waals surface area contributed by atoms with Crippen molar-refractivity contribution >= 4 is 0 Å². The molecule has 0 aromatic carbocycles. The van der Waals surface area contributed by atoms with Gasteiger partial charge >= 0.3 is 0 Å². The van der Waals surface area contributed by atoms with E-state index in [-0.39, 0.29) is 28.9 Å². The molecule has 1 heterocycles. The summed E-state index contributed by atoms with van der Waals surface area (Å²) in [5.74, 6) is 0.560. The van der Waals surface area contributed by atoms with Gasteiger partial charge in [0.1, 0.15) is 30.0 Å². The maximum atomic E-state index is 10.8. The molecule has 5 heteroatoms. The lowest BCUT2D eigenvalue weighted by atomic mass is 9.47. The zero-order chi connectivity index (χ0) is 19.8. The van der Waals surface area contributed by atoms with E-state index in [1.165, 1.54) is 5.57 Å². The van der Waals surface area contributed by atoms with Crippen molar-refractivity contribution in [3.05, 3.63) is 23.8 Å². The van der Waals surface area contributed by atoms with Crippen LogP contribution < -0.4 is 0 Å². The van der Waals surface area contributed by atoms with Crippen LogP contribution in [0.3, 0.4) is 0 Å². The third-order valence-corrected chi connectivity index (χ3v) is 8.62. The molecule has 0 spiro atoms. The van der Waals surface area contributed by atoms with Crippen LogP contribution in [0.15, 0.2) is 23.8 Å². The van der Waals surface area contributed by atoms with E-state index in [2.05, 4.69) is 33.4 Å². The van der Waals surface area contributed by atoms with Gasteiger partial charge in [0, 0.05) is 6.61 Å². The highest BCUT2D eigenvalue weighted by Gasteiger charge is 2.71. The second kappa shape index (κ2) is 6.14. The van der Waals surface area contributed by atoms with Gasteiger partial charge in [0.05, 0.1) is 0 Å². The number of hydrogen-bond donors (Lipinski definition) is 4. The third-order valence-electron chi connectivity index (χ3n) is 8.62. The lowest BCUT2D eigenvalue weighted by Gasteiger charge is -2.58. The Morgan fingerprint density at radius 2 is 1.89 bits per heavy atom. The van der Waals surface area contributed by atoms with Crippen molar-refractivity contribution in [2.75, 3.05) is 6.61 Å². The highest BCUT2D eigenvalue weighted by molar-refractivity contribution is 5.32. The predicted molar refractivity (Wildman–Crippen MR) is 102 cm³/mol. The molecule has 0 unspecified atom stereocenters. The number of hydrogen-bond acceptors (Lipinski definition) is 5. The van der Waals surface area contributed by atoms with Crippen LogP contribution in [0.5, 0.6) is 0 Å². The van der Waals surface area contributed by atoms with Crippen LogP contribution in [0.2, 0.25) is 0 Å². The predicted octanol–water partition coefficient (Wildman–Crippen LogP) is 1.94. The summed E-state index contributed by atoms with van der Waals surface area (Å²) in [7, 11) is 0. The van der Waals surface area contributed by atoms with Crippen molar-refractivity contribution in [1.29, 1.82) is 0 Å². The van der Waals surface area contributed by atoms with Gasteiger partial charge in [0.2, 0.25) is 0 Å². The smallest absolute Gasteiger partial charge is 0.127 e. The Kier molecular flexibility index (Phi) is 4.45. The van der Waals surface area contributed by atoms with Gasteiger partial charge in [-0.3, -0.25) is 0 Å². The van der Waals surface area contributed by atoms with Crippen molar-refractivity contribution in [3.8, 4) is 0 Å². The highest BCUT2D eigenvalue weighted by atomic mass is 16.6. The van der Waals surface area contributed by atoms with Crippen LogP contribution in [-0.2, 0) is 4.74 Å². The molecule has 3 aliphatic carbocycles. The first kappa shape index (κ1) is 19.6. The Morgan fingerprint density at radius 1 is 1.19 bits per heavy atom. The summed E-state index contributed by atoms with van der Waals surface area (Å²) in [6, 6.07) is 0. The molecule has 152 valence electrons. The topological polar surface area (TPSA) is 93.5 Å². The molecule has 27 heavy (non-hydrogen) atoms. The van der Waals surface area contributed by atoms with Gasteiger partial charge in [0.25, 0.3) is 0 Å². The fourth-order valence-electron chi connectivity index (χ4n) is 6.75. The van der Waals surface area contributed by atoms with Gasteiger partial charge in [-0.1, -0.05) is 38.5 Å². The number of ether oxygens (including phenoxy) is 1. The van der Waals surface area contributed by atoms with Crippen LogP contribution in [-0.4, -0.2) is 57.0 Å². The number of fused-ring (bicyclic) bond motifs is 2. The quantitative estimate of drug-likeness (QED) is 0.445. The zero-order valence-corrected chi connectivity index (χ0v) is 16.7. The van der Waals surface area contributed by atoms with Gasteiger partial charge < -0.3 is 25.2 Å². The zero-order valence-electron chi connectivity index (χ0n) is 16.7. The standard InChI is InChI=1S/C22H34O5/c1-12-6-7-15-20(3,11-23)8-5-9-21(15,4)14(12)10-22-18(26)16(24)13(2)17(25)19(22)27-22/h6,14-19,23-26H,2,5,7-11H2,1,3-4H3/t14-,15+,16-,17+,18+,19-,20+,21+,22+/m1/s1. The van der Waals surface area contributed by atoms with E-state index >= 15 is 0 Å². The summed E-state index contributed by atoms with van der Waals surface area (Å²) in [6.07, 6.45) is 3.37. The van der Waals surface area contributed by atoms with E-state index in [0.717, 1.165) is 25.7 Å². The maximum absolute atomic E-state index is 10.8. The van der Waals surface area contributed by atoms with Crippen LogP contribution in [0, 0.1) is 22.7 Å². The molecule has 4 aliphatic rings. The molecule has 0 bridgehead atoms. The number of aliphatic hydroxyl groups is 4. The lowest BCUT2D eigenvalue weighted by Crippen LogP contribution is -2.56. The van der Waals surface area contributed by atoms with Crippen LogP contribution in [0.4, 0.5) is 0 Å². The molecule has 0 amide bonds.